The topological polar surface area (TPSA) is 98.4 Å². The number of aromatic nitrogens is 5. The van der Waals surface area contributed by atoms with E-state index in [0.717, 1.165) is 0 Å². The lowest BCUT2D eigenvalue weighted by Crippen LogP contribution is -2.39. The Balaban J connectivity index is 1.81. The van der Waals surface area contributed by atoms with Crippen molar-refractivity contribution in [3.8, 4) is 5.88 Å². The van der Waals surface area contributed by atoms with Gasteiger partial charge in [0.15, 0.2) is 5.82 Å². The third-order valence-corrected chi connectivity index (χ3v) is 3.90. The number of amides is 1. The highest BCUT2D eigenvalue weighted by Gasteiger charge is 2.24. The highest BCUT2D eigenvalue weighted by molar-refractivity contribution is 5.75. The van der Waals surface area contributed by atoms with E-state index in [1.807, 2.05) is 11.8 Å². The van der Waals surface area contributed by atoms with Crippen LogP contribution in [-0.2, 0) is 24.4 Å². The number of nitrogens with zero attached hydrogens (tertiary/aromatic N) is 7. The number of anilines is 1. The van der Waals surface area contributed by atoms with Gasteiger partial charge in [-0.1, -0.05) is 0 Å². The zero-order chi connectivity index (χ0) is 18.0. The van der Waals surface area contributed by atoms with Gasteiger partial charge in [0.1, 0.15) is 6.54 Å². The van der Waals surface area contributed by atoms with Gasteiger partial charge in [-0.15, -0.1) is 0 Å². The van der Waals surface area contributed by atoms with Gasteiger partial charge in [0.05, 0.1) is 13.2 Å². The predicted octanol–water partition coefficient (Wildman–Crippen LogP) is -0.658. The van der Waals surface area contributed by atoms with E-state index in [2.05, 4.69) is 15.1 Å². The monoisotopic (exact) mass is 347 g/mol. The quantitative estimate of drug-likeness (QED) is 0.708. The minimum atomic E-state index is -0.270. The summed E-state index contributed by atoms with van der Waals surface area (Å²) in [6.07, 6.45) is 1.64. The molecule has 0 unspecified atom stereocenters. The Bertz CT molecular complexity index is 827. The largest absolute Gasteiger partial charge is 0.478 e. The molecule has 0 aliphatic carbocycles. The molecule has 0 spiro atoms. The Labute approximate surface area is 144 Å². The fraction of sp³-hybridized carbons (Fsp3) is 0.533. The van der Waals surface area contributed by atoms with Gasteiger partial charge in [0.2, 0.25) is 17.7 Å². The summed E-state index contributed by atoms with van der Waals surface area (Å²) in [5.74, 6) is 1.46. The number of carbonyl (C=O) groups is 1. The van der Waals surface area contributed by atoms with Crippen LogP contribution in [0.1, 0.15) is 12.7 Å². The molecule has 10 nitrogen and oxygen atoms in total. The average molecular weight is 347 g/mol. The summed E-state index contributed by atoms with van der Waals surface area (Å²) in [4.78, 5) is 36.2. The van der Waals surface area contributed by atoms with Crippen LogP contribution < -0.4 is 15.3 Å². The molecule has 2 aromatic rings. The molecule has 0 bridgehead atoms. The van der Waals surface area contributed by atoms with E-state index in [1.165, 1.54) is 9.58 Å². The molecule has 0 atom stereocenters. The molecule has 0 saturated heterocycles. The lowest BCUT2D eigenvalue weighted by molar-refractivity contribution is -0.129. The van der Waals surface area contributed by atoms with Crippen LogP contribution in [0.2, 0.25) is 0 Å². The van der Waals surface area contributed by atoms with E-state index in [1.54, 1.807) is 30.9 Å². The van der Waals surface area contributed by atoms with Gasteiger partial charge in [0, 0.05) is 39.4 Å². The number of fused-ring (bicyclic) bond motifs is 1. The van der Waals surface area contributed by atoms with Crippen LogP contribution in [0.5, 0.6) is 5.88 Å². The zero-order valence-corrected chi connectivity index (χ0v) is 14.5. The number of rotatable bonds is 5. The standard InChI is InChI=1S/C15H21N7O3/c1-4-25-12-5-6-16-14(17-12)20-7-8-21-11(9-20)18-22(15(21)24)10-13(23)19(2)3/h5-6H,4,7-10H2,1-3H3. The van der Waals surface area contributed by atoms with Crippen molar-refractivity contribution in [1.29, 1.82) is 0 Å². The van der Waals surface area contributed by atoms with Crippen molar-refractivity contribution in [2.45, 2.75) is 26.6 Å². The summed E-state index contributed by atoms with van der Waals surface area (Å²) < 4.78 is 8.20. The first-order valence-corrected chi connectivity index (χ1v) is 8.07. The molecule has 2 aromatic heterocycles. The minimum Gasteiger partial charge on any atom is -0.478 e. The van der Waals surface area contributed by atoms with Gasteiger partial charge in [-0.3, -0.25) is 9.36 Å². The first-order valence-electron chi connectivity index (χ1n) is 8.07. The lowest BCUT2D eigenvalue weighted by Gasteiger charge is -2.26. The molecule has 3 rings (SSSR count). The summed E-state index contributed by atoms with van der Waals surface area (Å²) in [5, 5.41) is 4.30. The molecule has 134 valence electrons. The summed E-state index contributed by atoms with van der Waals surface area (Å²) >= 11 is 0. The van der Waals surface area contributed by atoms with Gasteiger partial charge < -0.3 is 14.5 Å². The van der Waals surface area contributed by atoms with Crippen molar-refractivity contribution < 1.29 is 9.53 Å². The van der Waals surface area contributed by atoms with Crippen LogP contribution in [0.15, 0.2) is 17.1 Å². The SMILES string of the molecule is CCOc1ccnc(N2CCn3c(nn(CC(=O)N(C)C)c3=O)C2)n1. The minimum absolute atomic E-state index is 0.0673. The predicted molar refractivity (Wildman–Crippen MR) is 89.4 cm³/mol. The van der Waals surface area contributed by atoms with Crippen LogP contribution in [-0.4, -0.2) is 62.4 Å². The molecule has 0 N–H and O–H groups in total. The molecular weight excluding hydrogens is 326 g/mol. The van der Waals surface area contributed by atoms with Crippen LogP contribution in [0.25, 0.3) is 0 Å². The number of hydrogen-bond donors (Lipinski definition) is 0. The van der Waals surface area contributed by atoms with Gasteiger partial charge in [-0.2, -0.15) is 10.1 Å². The van der Waals surface area contributed by atoms with Gasteiger partial charge in [-0.25, -0.2) is 14.5 Å². The number of carbonyl (C=O) groups excluding carboxylic acids is 1. The van der Waals surface area contributed by atoms with Crippen LogP contribution in [0, 0.1) is 0 Å². The molecule has 1 amide bonds. The molecule has 3 heterocycles. The van der Waals surface area contributed by atoms with Crippen molar-refractivity contribution in [2.24, 2.45) is 0 Å². The normalized spacial score (nSPS) is 13.5. The van der Waals surface area contributed by atoms with E-state index in [-0.39, 0.29) is 18.1 Å². The zero-order valence-electron chi connectivity index (χ0n) is 14.5. The highest BCUT2D eigenvalue weighted by atomic mass is 16.5. The van der Waals surface area contributed by atoms with Crippen molar-refractivity contribution in [3.05, 3.63) is 28.6 Å². The van der Waals surface area contributed by atoms with E-state index in [4.69, 9.17) is 4.74 Å². The van der Waals surface area contributed by atoms with Crippen molar-refractivity contribution >= 4 is 11.9 Å². The van der Waals surface area contributed by atoms with Crippen LogP contribution >= 0.6 is 0 Å². The second-order valence-corrected chi connectivity index (χ2v) is 5.85. The molecule has 1 aliphatic rings. The van der Waals surface area contributed by atoms with Crippen LogP contribution in [0.3, 0.4) is 0 Å². The molecule has 25 heavy (non-hydrogen) atoms. The van der Waals surface area contributed by atoms with E-state index >= 15 is 0 Å². The first-order chi connectivity index (χ1) is 12.0. The van der Waals surface area contributed by atoms with E-state index in [0.29, 0.717) is 43.9 Å². The third-order valence-electron chi connectivity index (χ3n) is 3.90. The molecular formula is C15H21N7O3. The van der Waals surface area contributed by atoms with Crippen molar-refractivity contribution in [2.75, 3.05) is 32.1 Å². The second-order valence-electron chi connectivity index (χ2n) is 5.85. The molecule has 0 radical (unpaired) electrons. The molecule has 0 fully saturated rings. The third kappa shape index (κ3) is 3.47. The smallest absolute Gasteiger partial charge is 0.346 e. The molecule has 0 aromatic carbocycles. The number of hydrogen-bond acceptors (Lipinski definition) is 7. The fourth-order valence-corrected chi connectivity index (χ4v) is 2.55. The molecule has 0 saturated carbocycles. The summed E-state index contributed by atoms with van der Waals surface area (Å²) in [7, 11) is 3.29. The van der Waals surface area contributed by atoms with Gasteiger partial charge in [-0.05, 0) is 6.92 Å². The Morgan fingerprint density at radius 3 is 2.88 bits per heavy atom. The number of likely N-dealkylation sites (N-methyl/N-ethyl adjacent to an activating group) is 1. The molecule has 10 heteroatoms. The Morgan fingerprint density at radius 1 is 1.36 bits per heavy atom. The maximum absolute atomic E-state index is 12.4. The lowest BCUT2D eigenvalue weighted by atomic mass is 10.4. The summed E-state index contributed by atoms with van der Waals surface area (Å²) in [6, 6.07) is 1.70. The first kappa shape index (κ1) is 16.9. The second kappa shape index (κ2) is 6.91. The fourth-order valence-electron chi connectivity index (χ4n) is 2.55. The Kier molecular flexibility index (Phi) is 4.68. The Hall–Kier alpha value is -2.91. The average Bonchev–Trinajstić information content (AvgIpc) is 2.90. The molecule has 1 aliphatic heterocycles. The van der Waals surface area contributed by atoms with Crippen LogP contribution in [0.4, 0.5) is 5.95 Å². The van der Waals surface area contributed by atoms with Crippen molar-refractivity contribution in [1.82, 2.24) is 29.2 Å². The summed E-state index contributed by atoms with van der Waals surface area (Å²) in [5.41, 5.74) is -0.270. The maximum atomic E-state index is 12.4. The van der Waals surface area contributed by atoms with Gasteiger partial charge in [0.25, 0.3) is 0 Å². The van der Waals surface area contributed by atoms with Gasteiger partial charge >= 0.3 is 5.69 Å². The Morgan fingerprint density at radius 2 is 2.16 bits per heavy atom. The van der Waals surface area contributed by atoms with Crippen molar-refractivity contribution in [3.63, 3.8) is 0 Å². The summed E-state index contributed by atoms with van der Waals surface area (Å²) in [6.45, 7) is 3.79. The maximum Gasteiger partial charge on any atom is 0.346 e. The van der Waals surface area contributed by atoms with E-state index in [9.17, 15) is 9.59 Å². The number of ether oxygens (including phenoxy) is 1. The highest BCUT2D eigenvalue weighted by Crippen LogP contribution is 2.17. The van der Waals surface area contributed by atoms with E-state index < -0.39 is 0 Å².